The third-order valence-corrected chi connectivity index (χ3v) is 7.11. The van der Waals surface area contributed by atoms with Crippen LogP contribution in [0.3, 0.4) is 0 Å². The Morgan fingerprint density at radius 3 is 2.63 bits per heavy atom. The number of carbonyl (C=O) groups excluding carboxylic acids is 1. The number of hydrogen-bond acceptors (Lipinski definition) is 7. The largest absolute Gasteiger partial charge is 0.495 e. The van der Waals surface area contributed by atoms with E-state index in [1.807, 2.05) is 0 Å². The van der Waals surface area contributed by atoms with Crippen LogP contribution in [0, 0.1) is 0 Å². The third-order valence-electron chi connectivity index (χ3n) is 5.03. The Hall–Kier alpha value is -3.76. The van der Waals surface area contributed by atoms with Crippen LogP contribution in [0.1, 0.15) is 5.56 Å². The van der Waals surface area contributed by atoms with Gasteiger partial charge in [0.2, 0.25) is 0 Å². The highest BCUT2D eigenvalue weighted by Gasteiger charge is 2.27. The molecule has 0 aliphatic carbocycles. The molecule has 0 saturated carbocycles. The number of anilines is 1. The Bertz CT molecular complexity index is 1350. The van der Waals surface area contributed by atoms with Gasteiger partial charge in [-0.25, -0.2) is 13.8 Å². The van der Waals surface area contributed by atoms with Crippen molar-refractivity contribution in [3.63, 3.8) is 0 Å². The summed E-state index contributed by atoms with van der Waals surface area (Å²) in [7, 11) is -2.64. The van der Waals surface area contributed by atoms with Gasteiger partial charge in [0.15, 0.2) is 11.5 Å². The lowest BCUT2D eigenvalue weighted by Crippen LogP contribution is -2.39. The first-order valence-electron chi connectivity index (χ1n) is 10.5. The van der Waals surface area contributed by atoms with Gasteiger partial charge in [-0.1, -0.05) is 35.9 Å². The van der Waals surface area contributed by atoms with E-state index < -0.39 is 22.5 Å². The number of halogens is 1. The summed E-state index contributed by atoms with van der Waals surface area (Å²) in [5.41, 5.74) is 3.17. The summed E-state index contributed by atoms with van der Waals surface area (Å²) >= 11 is 6.22. The van der Waals surface area contributed by atoms with Crippen molar-refractivity contribution in [3.05, 3.63) is 77.3 Å². The highest BCUT2D eigenvalue weighted by molar-refractivity contribution is 7.92. The van der Waals surface area contributed by atoms with Crippen molar-refractivity contribution in [3.8, 4) is 17.2 Å². The molecule has 0 saturated heterocycles. The summed E-state index contributed by atoms with van der Waals surface area (Å²) in [5, 5.41) is 4.17. The highest BCUT2D eigenvalue weighted by Crippen LogP contribution is 2.33. The number of hydrazone groups is 1. The molecule has 3 aromatic rings. The lowest BCUT2D eigenvalue weighted by atomic mass is 10.2. The van der Waals surface area contributed by atoms with Crippen LogP contribution in [0.15, 0.2) is 76.7 Å². The number of ether oxygens (including phenoxy) is 3. The molecule has 1 heterocycles. The number of benzene rings is 3. The van der Waals surface area contributed by atoms with E-state index in [9.17, 15) is 13.2 Å². The number of amides is 1. The average Bonchev–Trinajstić information content (AvgIpc) is 2.88. The Balaban J connectivity index is 1.57. The maximum Gasteiger partial charge on any atom is 0.264 e. The predicted molar refractivity (Wildman–Crippen MR) is 132 cm³/mol. The second kappa shape index (κ2) is 10.7. The predicted octanol–water partition coefficient (Wildman–Crippen LogP) is 3.47. The van der Waals surface area contributed by atoms with Crippen LogP contribution in [-0.4, -0.2) is 47.4 Å². The van der Waals surface area contributed by atoms with E-state index >= 15 is 0 Å². The molecular formula is C24H22ClN3O6S. The van der Waals surface area contributed by atoms with Crippen molar-refractivity contribution in [2.24, 2.45) is 5.10 Å². The van der Waals surface area contributed by atoms with Crippen LogP contribution in [0.25, 0.3) is 0 Å². The first-order chi connectivity index (χ1) is 16.9. The van der Waals surface area contributed by atoms with Crippen molar-refractivity contribution >= 4 is 39.4 Å². The molecule has 0 bridgehead atoms. The van der Waals surface area contributed by atoms with E-state index in [1.54, 1.807) is 36.4 Å². The highest BCUT2D eigenvalue weighted by atomic mass is 35.5. The molecule has 11 heteroatoms. The maximum absolute atomic E-state index is 13.4. The Labute approximate surface area is 207 Å². The standard InChI is InChI=1S/C24H22ClN3O6S/c1-32-21-11-10-18(14-20(21)25)28(35(30,31)19-7-3-2-4-8-19)16-23(29)27-26-15-17-6-5-9-22-24(17)34-13-12-33-22/h2-11,14-15H,12-13,16H2,1H3,(H,27,29)/b26-15-. The van der Waals surface area contributed by atoms with Gasteiger partial charge in [0.25, 0.3) is 15.9 Å². The van der Waals surface area contributed by atoms with Gasteiger partial charge >= 0.3 is 0 Å². The van der Waals surface area contributed by atoms with Crippen LogP contribution >= 0.6 is 11.6 Å². The number of hydrogen-bond donors (Lipinski definition) is 1. The smallest absolute Gasteiger partial charge is 0.264 e. The lowest BCUT2D eigenvalue weighted by Gasteiger charge is -2.24. The second-order valence-electron chi connectivity index (χ2n) is 7.31. The second-order valence-corrected chi connectivity index (χ2v) is 9.58. The van der Waals surface area contributed by atoms with Gasteiger partial charge in [0.1, 0.15) is 25.5 Å². The van der Waals surface area contributed by atoms with Gasteiger partial charge in [-0.3, -0.25) is 9.10 Å². The summed E-state index contributed by atoms with van der Waals surface area (Å²) in [4.78, 5) is 12.8. The zero-order chi connectivity index (χ0) is 24.8. The zero-order valence-electron chi connectivity index (χ0n) is 18.7. The normalized spacial score (nSPS) is 12.9. The van der Waals surface area contributed by atoms with E-state index in [-0.39, 0.29) is 15.6 Å². The molecule has 182 valence electrons. The topological polar surface area (TPSA) is 107 Å². The number of fused-ring (bicyclic) bond motifs is 1. The summed E-state index contributed by atoms with van der Waals surface area (Å²) in [6.45, 7) is 0.316. The number of carbonyl (C=O) groups is 1. The molecule has 0 atom stereocenters. The van der Waals surface area contributed by atoms with Crippen molar-refractivity contribution < 1.29 is 27.4 Å². The number of para-hydroxylation sites is 1. The molecule has 0 spiro atoms. The first-order valence-corrected chi connectivity index (χ1v) is 12.3. The van der Waals surface area contributed by atoms with E-state index in [1.165, 1.54) is 43.7 Å². The van der Waals surface area contributed by atoms with E-state index in [4.69, 9.17) is 25.8 Å². The van der Waals surface area contributed by atoms with Crippen LogP contribution in [-0.2, 0) is 14.8 Å². The lowest BCUT2D eigenvalue weighted by molar-refractivity contribution is -0.119. The fourth-order valence-corrected chi connectivity index (χ4v) is 5.07. The van der Waals surface area contributed by atoms with Gasteiger partial charge in [-0.2, -0.15) is 5.10 Å². The molecule has 1 aliphatic heterocycles. The zero-order valence-corrected chi connectivity index (χ0v) is 20.3. The molecule has 0 fully saturated rings. The number of nitrogens with one attached hydrogen (secondary N) is 1. The summed E-state index contributed by atoms with van der Waals surface area (Å²) in [6.07, 6.45) is 1.41. The fraction of sp³-hybridized carbons (Fsp3) is 0.167. The minimum atomic E-state index is -4.09. The third kappa shape index (κ3) is 5.50. The van der Waals surface area contributed by atoms with E-state index in [2.05, 4.69) is 10.5 Å². The molecule has 0 unspecified atom stereocenters. The molecule has 1 amide bonds. The number of sulfonamides is 1. The number of rotatable bonds is 8. The summed E-state index contributed by atoms with van der Waals surface area (Å²) in [6, 6.07) is 17.6. The van der Waals surface area contributed by atoms with Crippen LogP contribution in [0.4, 0.5) is 5.69 Å². The monoisotopic (exact) mass is 515 g/mol. The summed E-state index contributed by atoms with van der Waals surface area (Å²) < 4.78 is 44.0. The van der Waals surface area contributed by atoms with Crippen molar-refractivity contribution in [1.29, 1.82) is 0 Å². The Morgan fingerprint density at radius 2 is 1.89 bits per heavy atom. The minimum Gasteiger partial charge on any atom is -0.495 e. The Kier molecular flexibility index (Phi) is 7.42. The van der Waals surface area contributed by atoms with E-state index in [0.717, 1.165) is 4.31 Å². The first kappa shape index (κ1) is 24.4. The van der Waals surface area contributed by atoms with Crippen LogP contribution < -0.4 is 23.9 Å². The molecule has 35 heavy (non-hydrogen) atoms. The van der Waals surface area contributed by atoms with Crippen LogP contribution in [0.2, 0.25) is 5.02 Å². The van der Waals surface area contributed by atoms with Gasteiger partial charge < -0.3 is 14.2 Å². The summed E-state index contributed by atoms with van der Waals surface area (Å²) in [5.74, 6) is 0.828. The molecule has 9 nitrogen and oxygen atoms in total. The van der Waals surface area contributed by atoms with Crippen molar-refractivity contribution in [1.82, 2.24) is 5.43 Å². The molecule has 4 rings (SSSR count). The molecule has 3 aromatic carbocycles. The molecule has 1 N–H and O–H groups in total. The fourth-order valence-electron chi connectivity index (χ4n) is 3.38. The Morgan fingerprint density at radius 1 is 1.11 bits per heavy atom. The average molecular weight is 516 g/mol. The SMILES string of the molecule is COc1ccc(N(CC(=O)N/N=C\c2cccc3c2OCCO3)S(=O)(=O)c2ccccc2)cc1Cl. The molecule has 1 aliphatic rings. The van der Waals surface area contributed by atoms with Crippen LogP contribution in [0.5, 0.6) is 17.2 Å². The van der Waals surface area contributed by atoms with Crippen molar-refractivity contribution in [2.45, 2.75) is 4.90 Å². The van der Waals surface area contributed by atoms with Crippen molar-refractivity contribution in [2.75, 3.05) is 31.2 Å². The number of nitrogens with zero attached hydrogens (tertiary/aromatic N) is 2. The van der Waals surface area contributed by atoms with Gasteiger partial charge in [-0.15, -0.1) is 0 Å². The van der Waals surface area contributed by atoms with Gasteiger partial charge in [-0.05, 0) is 42.5 Å². The van der Waals surface area contributed by atoms with Gasteiger partial charge in [0, 0.05) is 5.56 Å². The van der Waals surface area contributed by atoms with Gasteiger partial charge in [0.05, 0.1) is 28.9 Å². The molecule has 0 aromatic heterocycles. The van der Waals surface area contributed by atoms with E-state index in [0.29, 0.717) is 36.0 Å². The molecular weight excluding hydrogens is 494 g/mol. The quantitative estimate of drug-likeness (QED) is 0.364. The minimum absolute atomic E-state index is 0.0244. The molecule has 0 radical (unpaired) electrons. The number of methoxy groups -OCH3 is 1. The maximum atomic E-state index is 13.4.